The van der Waals surface area contributed by atoms with Crippen molar-refractivity contribution in [2.24, 2.45) is 0 Å². The van der Waals surface area contributed by atoms with Crippen LogP contribution in [-0.4, -0.2) is 43.5 Å². The summed E-state index contributed by atoms with van der Waals surface area (Å²) in [6.45, 7) is 6.57. The molecule has 4 rings (SSSR count). The lowest BCUT2D eigenvalue weighted by molar-refractivity contribution is -0.138. The van der Waals surface area contributed by atoms with Gasteiger partial charge >= 0.3 is 6.96 Å². The molecule has 2 aromatic carbocycles. The monoisotopic (exact) mass is 626 g/mol. The van der Waals surface area contributed by atoms with Crippen molar-refractivity contribution in [3.8, 4) is 0 Å². The molecule has 8 heteroatoms. The number of rotatable bonds is 18. The van der Waals surface area contributed by atoms with Crippen molar-refractivity contribution in [3.05, 3.63) is 71.8 Å². The van der Waals surface area contributed by atoms with E-state index in [0.717, 1.165) is 0 Å². The Morgan fingerprint density at radius 3 is 1.30 bits per heavy atom. The van der Waals surface area contributed by atoms with Gasteiger partial charge in [0.05, 0.1) is 24.6 Å². The molecule has 2 atom stereocenters. The molecule has 0 amide bonds. The highest BCUT2D eigenvalue weighted by Gasteiger charge is 2.57. The summed E-state index contributed by atoms with van der Waals surface area (Å²) in [5.74, 6) is -1.28. The van der Waals surface area contributed by atoms with Crippen LogP contribution in [0, 0.1) is 0 Å². The molecular weight excluding hydrogens is 570 g/mol. The van der Waals surface area contributed by atoms with Crippen molar-refractivity contribution in [2.75, 3.05) is 24.6 Å². The lowest BCUT2D eigenvalue weighted by atomic mass is 10.1. The van der Waals surface area contributed by atoms with Crippen LogP contribution in [0.3, 0.4) is 0 Å². The molecule has 2 heterocycles. The Labute approximate surface area is 267 Å². The third-order valence-electron chi connectivity index (χ3n) is 8.70. The minimum Gasteiger partial charge on any atom is -0.606 e. The van der Waals surface area contributed by atoms with E-state index in [-0.39, 0.29) is 0 Å². The fourth-order valence-corrected chi connectivity index (χ4v) is 11.3. The fourth-order valence-electron chi connectivity index (χ4n) is 6.08. The van der Waals surface area contributed by atoms with E-state index in [1.807, 2.05) is 12.1 Å². The molecule has 1 spiro atoms. The first-order chi connectivity index (χ1) is 21.4. The summed E-state index contributed by atoms with van der Waals surface area (Å²) < 4.78 is 21.4. The first kappa shape index (κ1) is 36.3. The van der Waals surface area contributed by atoms with Gasteiger partial charge in [0, 0.05) is 7.26 Å². The van der Waals surface area contributed by atoms with E-state index in [4.69, 9.17) is 18.6 Å². The van der Waals surface area contributed by atoms with Crippen molar-refractivity contribution >= 4 is 26.2 Å². The molecule has 44 heavy (non-hydrogen) atoms. The predicted molar refractivity (Wildman–Crippen MR) is 183 cm³/mol. The zero-order chi connectivity index (χ0) is 31.7. The Morgan fingerprint density at radius 1 is 0.523 bits per heavy atom. The molecule has 2 aromatic rings. The standard InChI is InChI=1S/C20H44P.C16H12BO6/c1-5-9-13-14-15-16-20-21(17-10-6-2,18-11-7-3)19-12-8-4;18-15-13(11-7-3-1-4-8-11)20-17(22-15)21-14(16(19)23-17)12-9-5-2-6-10-12/h5-20H2,1-4H3;1-10,13-14H/q+1;-1. The van der Waals surface area contributed by atoms with Gasteiger partial charge in [-0.05, 0) is 43.2 Å². The number of hydrogen-bond acceptors (Lipinski definition) is 6. The average Bonchev–Trinajstić information content (AvgIpc) is 3.56. The number of unbranched alkanes of at least 4 members (excludes halogenated alkanes) is 8. The van der Waals surface area contributed by atoms with E-state index in [0.29, 0.717) is 11.1 Å². The van der Waals surface area contributed by atoms with Crippen LogP contribution in [0.15, 0.2) is 60.7 Å². The Bertz CT molecular complexity index is 1010. The zero-order valence-corrected chi connectivity index (χ0v) is 28.6. The summed E-state index contributed by atoms with van der Waals surface area (Å²) in [4.78, 5) is 24.2. The van der Waals surface area contributed by atoms with Crippen molar-refractivity contribution in [2.45, 2.75) is 117 Å². The van der Waals surface area contributed by atoms with Crippen molar-refractivity contribution in [3.63, 3.8) is 0 Å². The molecule has 2 aliphatic heterocycles. The SMILES string of the molecule is CCCCCCCC[P+](CCCC)(CCCC)CCCC.O=C1O[B-]2(OC(=O)C(c3ccccc3)O2)OC1c1ccccc1. The van der Waals surface area contributed by atoms with Gasteiger partial charge in [-0.3, -0.25) is 9.59 Å². The number of carbonyl (C=O) groups excluding carboxylic acids is 2. The molecule has 0 radical (unpaired) electrons. The third kappa shape index (κ3) is 11.0. The van der Waals surface area contributed by atoms with Gasteiger partial charge in [0.2, 0.25) is 0 Å². The Hall–Kier alpha value is -2.21. The molecule has 2 unspecified atom stereocenters. The van der Waals surface area contributed by atoms with Crippen LogP contribution >= 0.6 is 7.26 Å². The second-order valence-corrected chi connectivity index (χ2v) is 16.8. The van der Waals surface area contributed by atoms with Crippen LogP contribution in [0.25, 0.3) is 0 Å². The third-order valence-corrected chi connectivity index (χ3v) is 13.8. The number of hydrogen-bond donors (Lipinski definition) is 0. The van der Waals surface area contributed by atoms with Gasteiger partial charge < -0.3 is 18.6 Å². The maximum absolute atomic E-state index is 12.1. The van der Waals surface area contributed by atoms with Gasteiger partial charge in [-0.15, -0.1) is 0 Å². The number of benzene rings is 2. The van der Waals surface area contributed by atoms with Gasteiger partial charge in [-0.2, -0.15) is 0 Å². The molecule has 0 saturated carbocycles. The molecule has 6 nitrogen and oxygen atoms in total. The highest BCUT2D eigenvalue weighted by molar-refractivity contribution is 7.75. The van der Waals surface area contributed by atoms with Crippen LogP contribution < -0.4 is 0 Å². The second kappa shape index (κ2) is 19.3. The summed E-state index contributed by atoms with van der Waals surface area (Å²) in [5.41, 5.74) is 1.22. The minimum absolute atomic E-state index is 0.601. The van der Waals surface area contributed by atoms with Crippen molar-refractivity contribution in [1.29, 1.82) is 0 Å². The maximum atomic E-state index is 12.1. The summed E-state index contributed by atoms with van der Waals surface area (Å²) in [7, 11) is -0.601. The molecule has 2 saturated heterocycles. The topological polar surface area (TPSA) is 71.1 Å². The minimum atomic E-state index is -2.87. The van der Waals surface area contributed by atoms with E-state index in [1.165, 1.54) is 77.0 Å². The van der Waals surface area contributed by atoms with E-state index >= 15 is 0 Å². The quantitative estimate of drug-likeness (QED) is 0.0932. The molecule has 0 aromatic heterocycles. The smallest absolute Gasteiger partial charge is 0.606 e. The first-order valence-corrected chi connectivity index (χ1v) is 19.8. The van der Waals surface area contributed by atoms with Crippen LogP contribution in [0.1, 0.15) is 128 Å². The van der Waals surface area contributed by atoms with Crippen LogP contribution in [0.4, 0.5) is 0 Å². The van der Waals surface area contributed by atoms with Gasteiger partial charge in [-0.1, -0.05) is 133 Å². The van der Waals surface area contributed by atoms with Crippen LogP contribution in [0.5, 0.6) is 0 Å². The average molecular weight is 627 g/mol. The normalized spacial score (nSPS) is 21.2. The van der Waals surface area contributed by atoms with Crippen molar-refractivity contribution < 1.29 is 28.2 Å². The van der Waals surface area contributed by atoms with E-state index < -0.39 is 38.4 Å². The zero-order valence-electron chi connectivity index (χ0n) is 27.7. The lowest BCUT2D eigenvalue weighted by Crippen LogP contribution is -2.39. The molecule has 2 aliphatic rings. The molecule has 0 aliphatic carbocycles. The van der Waals surface area contributed by atoms with Gasteiger partial charge in [-0.25, -0.2) is 0 Å². The molecule has 0 N–H and O–H groups in total. The molecule has 2 fully saturated rings. The molecule has 244 valence electrons. The fraction of sp³-hybridized carbons (Fsp3) is 0.611. The summed E-state index contributed by atoms with van der Waals surface area (Å²) in [6.07, 6.45) is 22.0. The molecular formula is C36H56BO6P. The largest absolute Gasteiger partial charge is 0.657 e. The highest BCUT2D eigenvalue weighted by atomic mass is 31.2. The van der Waals surface area contributed by atoms with Crippen molar-refractivity contribution in [1.82, 2.24) is 0 Å². The molecule has 0 bridgehead atoms. The summed E-state index contributed by atoms with van der Waals surface area (Å²) >= 11 is 0. The summed E-state index contributed by atoms with van der Waals surface area (Å²) in [5, 5.41) is 0. The van der Waals surface area contributed by atoms with Crippen LogP contribution in [-0.2, 0) is 28.2 Å². The predicted octanol–water partition coefficient (Wildman–Crippen LogP) is 9.82. The van der Waals surface area contributed by atoms with E-state index in [1.54, 1.807) is 73.2 Å². The first-order valence-electron chi connectivity index (χ1n) is 17.3. The highest BCUT2D eigenvalue weighted by Crippen LogP contribution is 2.61. The van der Waals surface area contributed by atoms with Gasteiger partial charge in [0.1, 0.15) is 12.2 Å². The lowest BCUT2D eigenvalue weighted by Gasteiger charge is -2.28. The number of carbonyl (C=O) groups is 2. The van der Waals surface area contributed by atoms with E-state index in [9.17, 15) is 9.59 Å². The maximum Gasteiger partial charge on any atom is 0.657 e. The second-order valence-electron chi connectivity index (χ2n) is 12.4. The van der Waals surface area contributed by atoms with Gasteiger partial charge in [0.15, 0.2) is 0 Å². The Balaban J connectivity index is 0.000000242. The Kier molecular flexibility index (Phi) is 15.9. The summed E-state index contributed by atoms with van der Waals surface area (Å²) in [6, 6.07) is 17.7. The Morgan fingerprint density at radius 2 is 0.886 bits per heavy atom. The van der Waals surface area contributed by atoms with Gasteiger partial charge in [0.25, 0.3) is 11.9 Å². The van der Waals surface area contributed by atoms with Crippen LogP contribution in [0.2, 0.25) is 0 Å². The van der Waals surface area contributed by atoms with E-state index in [2.05, 4.69) is 27.7 Å².